The number of methoxy groups -OCH3 is 1. The van der Waals surface area contributed by atoms with Crippen LogP contribution < -0.4 is 10.1 Å². The highest BCUT2D eigenvalue weighted by Gasteiger charge is 2.45. The first-order chi connectivity index (χ1) is 11.6. The molecule has 2 atom stereocenters. The van der Waals surface area contributed by atoms with Crippen LogP contribution in [-0.2, 0) is 11.2 Å². The van der Waals surface area contributed by atoms with Crippen molar-refractivity contribution >= 4 is 11.6 Å². The lowest BCUT2D eigenvalue weighted by Gasteiger charge is -2.41. The number of carbonyl (C=O) groups excluding carboxylic acids is 1. The number of nitrogens with one attached hydrogen (secondary N) is 1. The maximum absolute atomic E-state index is 12.8. The van der Waals surface area contributed by atoms with Gasteiger partial charge in [-0.15, -0.1) is 6.58 Å². The number of anilines is 1. The maximum atomic E-state index is 12.8. The molecule has 0 bridgehead atoms. The van der Waals surface area contributed by atoms with Gasteiger partial charge in [0.1, 0.15) is 5.75 Å². The van der Waals surface area contributed by atoms with Crippen LogP contribution in [-0.4, -0.2) is 13.0 Å². The van der Waals surface area contributed by atoms with Gasteiger partial charge >= 0.3 is 0 Å². The SMILES string of the molecule is C=CCC1(C)C(=O)Nc2ccccc2C1Cc1ccc(OC)cc1. The Balaban J connectivity index is 2.01. The lowest BCUT2D eigenvalue weighted by Crippen LogP contribution is -2.43. The summed E-state index contributed by atoms with van der Waals surface area (Å²) in [6, 6.07) is 16.2. The van der Waals surface area contributed by atoms with Gasteiger partial charge in [0.05, 0.1) is 12.5 Å². The third-order valence-electron chi connectivity index (χ3n) is 5.04. The lowest BCUT2D eigenvalue weighted by atomic mass is 9.66. The predicted molar refractivity (Wildman–Crippen MR) is 97.4 cm³/mol. The molecule has 1 heterocycles. The summed E-state index contributed by atoms with van der Waals surface area (Å²) in [7, 11) is 1.66. The molecule has 0 saturated heterocycles. The fourth-order valence-electron chi connectivity index (χ4n) is 3.55. The largest absolute Gasteiger partial charge is 0.497 e. The fraction of sp³-hybridized carbons (Fsp3) is 0.286. The third-order valence-corrected chi connectivity index (χ3v) is 5.04. The summed E-state index contributed by atoms with van der Waals surface area (Å²) in [5.41, 5.74) is 2.80. The maximum Gasteiger partial charge on any atom is 0.231 e. The highest BCUT2D eigenvalue weighted by Crippen LogP contribution is 2.48. The van der Waals surface area contributed by atoms with Crippen molar-refractivity contribution in [2.45, 2.75) is 25.7 Å². The lowest BCUT2D eigenvalue weighted by molar-refractivity contribution is -0.126. The zero-order valence-corrected chi connectivity index (χ0v) is 14.2. The summed E-state index contributed by atoms with van der Waals surface area (Å²) in [6.07, 6.45) is 3.29. The molecule has 3 rings (SSSR count). The monoisotopic (exact) mass is 321 g/mol. The van der Waals surface area contributed by atoms with Crippen LogP contribution >= 0.6 is 0 Å². The van der Waals surface area contributed by atoms with Gasteiger partial charge in [-0.25, -0.2) is 0 Å². The Morgan fingerprint density at radius 2 is 1.92 bits per heavy atom. The van der Waals surface area contributed by atoms with Crippen molar-refractivity contribution < 1.29 is 9.53 Å². The molecular formula is C21H23NO2. The van der Waals surface area contributed by atoms with Crippen LogP contribution in [0.3, 0.4) is 0 Å². The first kappa shape index (κ1) is 16.3. The molecule has 0 radical (unpaired) electrons. The first-order valence-electron chi connectivity index (χ1n) is 8.22. The number of carbonyl (C=O) groups is 1. The normalized spacial score (nSPS) is 22.4. The van der Waals surface area contributed by atoms with Gasteiger partial charge < -0.3 is 10.1 Å². The van der Waals surface area contributed by atoms with Crippen LogP contribution in [0.1, 0.15) is 30.4 Å². The van der Waals surface area contributed by atoms with Gasteiger partial charge in [0.25, 0.3) is 0 Å². The Bertz CT molecular complexity index is 751. The van der Waals surface area contributed by atoms with E-state index < -0.39 is 5.41 Å². The Labute approximate surface area is 143 Å². The Morgan fingerprint density at radius 3 is 2.58 bits per heavy atom. The quantitative estimate of drug-likeness (QED) is 0.820. The number of benzene rings is 2. The van der Waals surface area contributed by atoms with E-state index in [1.807, 2.05) is 43.3 Å². The molecule has 124 valence electrons. The topological polar surface area (TPSA) is 38.3 Å². The molecule has 1 aliphatic rings. The van der Waals surface area contributed by atoms with Gasteiger partial charge in [0, 0.05) is 11.6 Å². The Hall–Kier alpha value is -2.55. The highest BCUT2D eigenvalue weighted by molar-refractivity contribution is 5.99. The number of rotatable bonds is 5. The highest BCUT2D eigenvalue weighted by atomic mass is 16.5. The summed E-state index contributed by atoms with van der Waals surface area (Å²) in [6.45, 7) is 5.89. The summed E-state index contributed by atoms with van der Waals surface area (Å²) < 4.78 is 5.23. The minimum absolute atomic E-state index is 0.0691. The Kier molecular flexibility index (Phi) is 4.43. The number of fused-ring (bicyclic) bond motifs is 1. The smallest absolute Gasteiger partial charge is 0.231 e. The molecule has 2 aromatic carbocycles. The zero-order valence-electron chi connectivity index (χ0n) is 14.2. The molecular weight excluding hydrogens is 298 g/mol. The minimum Gasteiger partial charge on any atom is -0.497 e. The summed E-state index contributed by atoms with van der Waals surface area (Å²) in [5, 5.41) is 3.06. The number of para-hydroxylation sites is 1. The van der Waals surface area contributed by atoms with E-state index in [1.165, 1.54) is 11.1 Å². The molecule has 3 heteroatoms. The van der Waals surface area contributed by atoms with E-state index in [0.29, 0.717) is 6.42 Å². The van der Waals surface area contributed by atoms with Crippen molar-refractivity contribution in [2.24, 2.45) is 5.41 Å². The average molecular weight is 321 g/mol. The van der Waals surface area contributed by atoms with Crippen molar-refractivity contribution in [2.75, 3.05) is 12.4 Å². The van der Waals surface area contributed by atoms with Gasteiger partial charge in [-0.05, 0) is 49.1 Å². The summed E-state index contributed by atoms with van der Waals surface area (Å²) in [5.74, 6) is 1.02. The van der Waals surface area contributed by atoms with Crippen LogP contribution in [0.15, 0.2) is 61.2 Å². The van der Waals surface area contributed by atoms with Crippen LogP contribution in [0.25, 0.3) is 0 Å². The van der Waals surface area contributed by atoms with E-state index >= 15 is 0 Å². The first-order valence-corrected chi connectivity index (χ1v) is 8.22. The molecule has 2 aromatic rings. The van der Waals surface area contributed by atoms with Gasteiger partial charge in [0.2, 0.25) is 5.91 Å². The minimum atomic E-state index is -0.504. The number of ether oxygens (including phenoxy) is 1. The standard InChI is InChI=1S/C21H23NO2/c1-4-13-21(2)18(14-15-9-11-16(24-3)12-10-15)17-7-5-6-8-19(17)22-20(21)23/h4-12,18H,1,13-14H2,2-3H3,(H,22,23). The van der Waals surface area contributed by atoms with E-state index in [1.54, 1.807) is 7.11 Å². The van der Waals surface area contributed by atoms with Crippen LogP contribution in [0.5, 0.6) is 5.75 Å². The number of hydrogen-bond donors (Lipinski definition) is 1. The van der Waals surface area contributed by atoms with E-state index in [-0.39, 0.29) is 11.8 Å². The molecule has 0 fully saturated rings. The van der Waals surface area contributed by atoms with Crippen molar-refractivity contribution in [1.82, 2.24) is 0 Å². The number of allylic oxidation sites excluding steroid dienone is 1. The van der Waals surface area contributed by atoms with Crippen molar-refractivity contribution in [3.63, 3.8) is 0 Å². The molecule has 0 spiro atoms. The second kappa shape index (κ2) is 6.52. The van der Waals surface area contributed by atoms with Gasteiger partial charge in [0.15, 0.2) is 0 Å². The van der Waals surface area contributed by atoms with Gasteiger partial charge in [-0.1, -0.05) is 36.4 Å². The number of amides is 1. The third kappa shape index (κ3) is 2.82. The molecule has 1 N–H and O–H groups in total. The van der Waals surface area contributed by atoms with Gasteiger partial charge in [-0.2, -0.15) is 0 Å². The Morgan fingerprint density at radius 1 is 1.21 bits per heavy atom. The van der Waals surface area contributed by atoms with Gasteiger partial charge in [-0.3, -0.25) is 4.79 Å². The molecule has 24 heavy (non-hydrogen) atoms. The van der Waals surface area contributed by atoms with E-state index in [4.69, 9.17) is 4.74 Å². The van der Waals surface area contributed by atoms with Crippen LogP contribution in [0.4, 0.5) is 5.69 Å². The van der Waals surface area contributed by atoms with Crippen molar-refractivity contribution in [1.29, 1.82) is 0 Å². The van der Waals surface area contributed by atoms with E-state index in [2.05, 4.69) is 30.1 Å². The summed E-state index contributed by atoms with van der Waals surface area (Å²) in [4.78, 5) is 12.8. The molecule has 0 aliphatic carbocycles. The van der Waals surface area contributed by atoms with Crippen molar-refractivity contribution in [3.8, 4) is 5.75 Å². The molecule has 1 aliphatic heterocycles. The molecule has 1 amide bonds. The average Bonchev–Trinajstić information content (AvgIpc) is 2.60. The predicted octanol–water partition coefficient (Wildman–Crippen LogP) is 4.56. The van der Waals surface area contributed by atoms with E-state index in [0.717, 1.165) is 17.9 Å². The van der Waals surface area contributed by atoms with Crippen LogP contribution in [0.2, 0.25) is 0 Å². The second-order valence-corrected chi connectivity index (χ2v) is 6.56. The molecule has 3 nitrogen and oxygen atoms in total. The van der Waals surface area contributed by atoms with Crippen LogP contribution in [0, 0.1) is 5.41 Å². The molecule has 0 saturated carbocycles. The number of hydrogen-bond acceptors (Lipinski definition) is 2. The van der Waals surface area contributed by atoms with E-state index in [9.17, 15) is 4.79 Å². The fourth-order valence-corrected chi connectivity index (χ4v) is 3.55. The zero-order chi connectivity index (χ0) is 17.2. The summed E-state index contributed by atoms with van der Waals surface area (Å²) >= 11 is 0. The second-order valence-electron chi connectivity index (χ2n) is 6.56. The van der Waals surface area contributed by atoms with Crippen molar-refractivity contribution in [3.05, 3.63) is 72.3 Å². The molecule has 0 aromatic heterocycles. The molecule has 2 unspecified atom stereocenters.